The molecule has 1 heterocycles. The fourth-order valence-corrected chi connectivity index (χ4v) is 1.64. The summed E-state index contributed by atoms with van der Waals surface area (Å²) in [5, 5.41) is 6.31. The molecule has 82 valence electrons. The minimum atomic E-state index is -0.350. The van der Waals surface area contributed by atoms with Gasteiger partial charge in [-0.05, 0) is 32.4 Å². The van der Waals surface area contributed by atoms with Gasteiger partial charge in [-0.25, -0.2) is 0 Å². The molecule has 1 rings (SSSR count). The monoisotopic (exact) mass is 200 g/mol. The van der Waals surface area contributed by atoms with Crippen LogP contribution in [0, 0.1) is 5.92 Å². The molecule has 0 aromatic carbocycles. The first kappa shape index (κ1) is 11.5. The number of hydrogen-bond acceptors (Lipinski definition) is 3. The Hall–Kier alpha value is -0.610. The minimum absolute atomic E-state index is 0.00810. The van der Waals surface area contributed by atoms with E-state index in [1.54, 1.807) is 14.0 Å². The zero-order valence-corrected chi connectivity index (χ0v) is 9.17. The number of ether oxygens (including phenoxy) is 1. The van der Waals surface area contributed by atoms with Gasteiger partial charge in [0.15, 0.2) is 0 Å². The highest BCUT2D eigenvalue weighted by atomic mass is 16.5. The van der Waals surface area contributed by atoms with E-state index in [0.29, 0.717) is 12.0 Å². The van der Waals surface area contributed by atoms with E-state index in [1.807, 2.05) is 0 Å². The predicted molar refractivity (Wildman–Crippen MR) is 55.1 cm³/mol. The van der Waals surface area contributed by atoms with E-state index in [0.717, 1.165) is 19.5 Å². The third-order valence-electron chi connectivity index (χ3n) is 2.84. The maximum absolute atomic E-state index is 11.5. The van der Waals surface area contributed by atoms with Crippen LogP contribution in [0.2, 0.25) is 0 Å². The van der Waals surface area contributed by atoms with Gasteiger partial charge >= 0.3 is 0 Å². The van der Waals surface area contributed by atoms with Crippen molar-refractivity contribution in [1.82, 2.24) is 10.6 Å². The normalized spacial score (nSPS) is 29.6. The van der Waals surface area contributed by atoms with Crippen molar-refractivity contribution < 1.29 is 9.53 Å². The molecule has 14 heavy (non-hydrogen) atoms. The smallest absolute Gasteiger partial charge is 0.249 e. The number of amides is 1. The molecule has 3 atom stereocenters. The van der Waals surface area contributed by atoms with E-state index >= 15 is 0 Å². The molecule has 0 aliphatic carbocycles. The maximum atomic E-state index is 11.5. The third kappa shape index (κ3) is 2.96. The lowest BCUT2D eigenvalue weighted by Crippen LogP contribution is -2.50. The number of methoxy groups -OCH3 is 1. The second-order valence-electron chi connectivity index (χ2n) is 3.96. The Morgan fingerprint density at radius 2 is 2.36 bits per heavy atom. The van der Waals surface area contributed by atoms with Gasteiger partial charge in [-0.15, -0.1) is 0 Å². The summed E-state index contributed by atoms with van der Waals surface area (Å²) in [7, 11) is 1.55. The Labute approximate surface area is 85.4 Å². The van der Waals surface area contributed by atoms with E-state index in [-0.39, 0.29) is 12.0 Å². The summed E-state index contributed by atoms with van der Waals surface area (Å²) in [5.74, 6) is 0.489. The SMILES string of the molecule is COC(C)C(=O)NC1CCNCC1C. The van der Waals surface area contributed by atoms with Crippen molar-refractivity contribution in [2.75, 3.05) is 20.2 Å². The Morgan fingerprint density at radius 1 is 1.64 bits per heavy atom. The molecule has 3 unspecified atom stereocenters. The van der Waals surface area contributed by atoms with Crippen LogP contribution in [0.5, 0.6) is 0 Å². The molecule has 1 saturated heterocycles. The van der Waals surface area contributed by atoms with Crippen molar-refractivity contribution in [3.8, 4) is 0 Å². The fraction of sp³-hybridized carbons (Fsp3) is 0.900. The van der Waals surface area contributed by atoms with Crippen LogP contribution in [0.3, 0.4) is 0 Å². The molecule has 0 radical (unpaired) electrons. The zero-order chi connectivity index (χ0) is 10.6. The van der Waals surface area contributed by atoms with Crippen LogP contribution in [-0.2, 0) is 9.53 Å². The molecule has 1 aliphatic rings. The van der Waals surface area contributed by atoms with Crippen LogP contribution >= 0.6 is 0 Å². The van der Waals surface area contributed by atoms with Crippen LogP contribution in [0.1, 0.15) is 20.3 Å². The van der Waals surface area contributed by atoms with Gasteiger partial charge in [0.05, 0.1) is 0 Å². The maximum Gasteiger partial charge on any atom is 0.249 e. The van der Waals surface area contributed by atoms with Gasteiger partial charge in [0.25, 0.3) is 0 Å². The molecule has 0 spiro atoms. The summed E-state index contributed by atoms with van der Waals surface area (Å²) in [6, 6.07) is 0.293. The van der Waals surface area contributed by atoms with Crippen LogP contribution in [-0.4, -0.2) is 38.3 Å². The van der Waals surface area contributed by atoms with Crippen molar-refractivity contribution in [3.05, 3.63) is 0 Å². The van der Waals surface area contributed by atoms with Gasteiger partial charge in [-0.1, -0.05) is 6.92 Å². The largest absolute Gasteiger partial charge is 0.372 e. The third-order valence-corrected chi connectivity index (χ3v) is 2.84. The number of nitrogens with one attached hydrogen (secondary N) is 2. The molecule has 4 nitrogen and oxygen atoms in total. The average molecular weight is 200 g/mol. The second kappa shape index (κ2) is 5.32. The lowest BCUT2D eigenvalue weighted by Gasteiger charge is -2.30. The molecule has 1 amide bonds. The molecule has 1 fully saturated rings. The van der Waals surface area contributed by atoms with Crippen molar-refractivity contribution in [2.45, 2.75) is 32.4 Å². The lowest BCUT2D eigenvalue weighted by molar-refractivity contribution is -0.131. The van der Waals surface area contributed by atoms with Crippen LogP contribution < -0.4 is 10.6 Å². The van der Waals surface area contributed by atoms with Crippen molar-refractivity contribution >= 4 is 5.91 Å². The van der Waals surface area contributed by atoms with Gasteiger partial charge in [0.2, 0.25) is 5.91 Å². The van der Waals surface area contributed by atoms with Crippen LogP contribution in [0.15, 0.2) is 0 Å². The standard InChI is InChI=1S/C10H20N2O2/c1-7-6-11-5-4-9(7)12-10(13)8(2)14-3/h7-9,11H,4-6H2,1-3H3,(H,12,13). The van der Waals surface area contributed by atoms with Gasteiger partial charge < -0.3 is 15.4 Å². The first-order valence-electron chi connectivity index (χ1n) is 5.19. The van der Waals surface area contributed by atoms with Gasteiger partial charge in [0, 0.05) is 13.2 Å². The zero-order valence-electron chi connectivity index (χ0n) is 9.17. The molecule has 2 N–H and O–H groups in total. The van der Waals surface area contributed by atoms with Gasteiger partial charge in [-0.2, -0.15) is 0 Å². The van der Waals surface area contributed by atoms with E-state index in [1.165, 1.54) is 0 Å². The van der Waals surface area contributed by atoms with E-state index < -0.39 is 0 Å². The second-order valence-corrected chi connectivity index (χ2v) is 3.96. The summed E-state index contributed by atoms with van der Waals surface area (Å²) in [6.07, 6.45) is 0.653. The summed E-state index contributed by atoms with van der Waals surface area (Å²) in [4.78, 5) is 11.5. The first-order chi connectivity index (χ1) is 6.65. The highest BCUT2D eigenvalue weighted by Gasteiger charge is 2.24. The van der Waals surface area contributed by atoms with E-state index in [2.05, 4.69) is 17.6 Å². The van der Waals surface area contributed by atoms with Gasteiger partial charge in [0.1, 0.15) is 6.10 Å². The fourth-order valence-electron chi connectivity index (χ4n) is 1.64. The molecular weight excluding hydrogens is 180 g/mol. The number of carbonyl (C=O) groups excluding carboxylic acids is 1. The summed E-state index contributed by atoms with van der Waals surface area (Å²) >= 11 is 0. The van der Waals surface area contributed by atoms with E-state index in [9.17, 15) is 4.79 Å². The molecule has 0 saturated carbocycles. The molecule has 1 aliphatic heterocycles. The van der Waals surface area contributed by atoms with Crippen molar-refractivity contribution in [1.29, 1.82) is 0 Å². The number of hydrogen-bond donors (Lipinski definition) is 2. The molecule has 0 aromatic rings. The number of carbonyl (C=O) groups is 1. The minimum Gasteiger partial charge on any atom is -0.372 e. The first-order valence-corrected chi connectivity index (χ1v) is 5.19. The van der Waals surface area contributed by atoms with E-state index in [4.69, 9.17) is 4.74 Å². The van der Waals surface area contributed by atoms with Gasteiger partial charge in [-0.3, -0.25) is 4.79 Å². The predicted octanol–water partition coefficient (Wildman–Crippen LogP) is 0.135. The Bertz CT molecular complexity index is 197. The Balaban J connectivity index is 2.38. The van der Waals surface area contributed by atoms with Crippen LogP contribution in [0.25, 0.3) is 0 Å². The quantitative estimate of drug-likeness (QED) is 0.681. The van der Waals surface area contributed by atoms with Crippen LogP contribution in [0.4, 0.5) is 0 Å². The number of piperidine rings is 1. The molecule has 0 aromatic heterocycles. The topological polar surface area (TPSA) is 50.4 Å². The summed E-state index contributed by atoms with van der Waals surface area (Å²) < 4.78 is 4.96. The molecular formula is C10H20N2O2. The molecule has 0 bridgehead atoms. The molecule has 4 heteroatoms. The van der Waals surface area contributed by atoms with Crippen molar-refractivity contribution in [2.24, 2.45) is 5.92 Å². The average Bonchev–Trinajstić information content (AvgIpc) is 2.20. The van der Waals surface area contributed by atoms with Crippen molar-refractivity contribution in [3.63, 3.8) is 0 Å². The Morgan fingerprint density at radius 3 is 2.93 bits per heavy atom. The lowest BCUT2D eigenvalue weighted by atomic mass is 9.95. The summed E-state index contributed by atoms with van der Waals surface area (Å²) in [5.41, 5.74) is 0. The Kier molecular flexibility index (Phi) is 4.35. The highest BCUT2D eigenvalue weighted by molar-refractivity contribution is 5.80. The highest BCUT2D eigenvalue weighted by Crippen LogP contribution is 2.10. The summed E-state index contributed by atoms with van der Waals surface area (Å²) in [6.45, 7) is 5.87. The number of rotatable bonds is 3.